The van der Waals surface area contributed by atoms with Gasteiger partial charge in [-0.25, -0.2) is 4.79 Å². The Morgan fingerprint density at radius 3 is 2.57 bits per heavy atom. The topological polar surface area (TPSA) is 66.5 Å². The molecule has 1 saturated carbocycles. The Kier molecular flexibility index (Phi) is 4.04. The van der Waals surface area contributed by atoms with Crippen LogP contribution in [0.15, 0.2) is 6.07 Å². The molecule has 1 aromatic heterocycles. The van der Waals surface area contributed by atoms with E-state index in [1.54, 1.807) is 11.3 Å². The normalized spacial score (nSPS) is 27.6. The molecule has 0 bridgehead atoms. The van der Waals surface area contributed by atoms with E-state index in [0.29, 0.717) is 24.3 Å². The number of carbonyl (C=O) groups is 3. The molecule has 0 aromatic carbocycles. The van der Waals surface area contributed by atoms with Gasteiger partial charge in [0.25, 0.3) is 5.91 Å². The van der Waals surface area contributed by atoms with Crippen LogP contribution in [-0.4, -0.2) is 34.7 Å². The predicted octanol–water partition coefficient (Wildman–Crippen LogP) is 3.05. The molecule has 2 fully saturated rings. The van der Waals surface area contributed by atoms with Crippen molar-refractivity contribution in [2.45, 2.75) is 52.0 Å². The van der Waals surface area contributed by atoms with E-state index in [-0.39, 0.29) is 18.2 Å². The third-order valence-corrected chi connectivity index (χ3v) is 5.98. The van der Waals surface area contributed by atoms with Gasteiger partial charge in [-0.2, -0.15) is 0 Å². The number of aryl methyl sites for hydroxylation is 2. The maximum atomic E-state index is 12.7. The summed E-state index contributed by atoms with van der Waals surface area (Å²) in [4.78, 5) is 40.6. The fraction of sp³-hybridized carbons (Fsp3) is 0.588. The van der Waals surface area contributed by atoms with Crippen LogP contribution in [0.1, 0.15) is 52.7 Å². The number of carbonyl (C=O) groups excluding carboxylic acids is 3. The summed E-state index contributed by atoms with van der Waals surface area (Å²) in [6.07, 6.45) is 3.19. The number of hydrogen-bond donors (Lipinski definition) is 1. The van der Waals surface area contributed by atoms with Gasteiger partial charge in [0, 0.05) is 15.3 Å². The second-order valence-corrected chi connectivity index (χ2v) is 8.30. The van der Waals surface area contributed by atoms with E-state index >= 15 is 0 Å². The van der Waals surface area contributed by atoms with E-state index in [1.807, 2.05) is 19.9 Å². The number of urea groups is 1. The summed E-state index contributed by atoms with van der Waals surface area (Å²) in [5, 5.41) is 2.85. The number of rotatable bonds is 3. The molecular weight excluding hydrogens is 312 g/mol. The summed E-state index contributed by atoms with van der Waals surface area (Å²) in [5.41, 5.74) is -0.157. The highest BCUT2D eigenvalue weighted by molar-refractivity contribution is 7.12. The molecule has 0 unspecified atom stereocenters. The first-order valence-corrected chi connectivity index (χ1v) is 8.88. The Morgan fingerprint density at radius 1 is 1.35 bits per heavy atom. The van der Waals surface area contributed by atoms with E-state index in [9.17, 15) is 14.4 Å². The molecule has 1 saturated heterocycles. The number of Topliss-reactive ketones (excluding diaryl/α,β-unsaturated/α-hetero) is 1. The van der Waals surface area contributed by atoms with Crippen molar-refractivity contribution in [3.63, 3.8) is 0 Å². The summed E-state index contributed by atoms with van der Waals surface area (Å²) >= 11 is 1.55. The quantitative estimate of drug-likeness (QED) is 0.682. The van der Waals surface area contributed by atoms with Crippen molar-refractivity contribution in [3.8, 4) is 0 Å². The van der Waals surface area contributed by atoms with Gasteiger partial charge in [0.2, 0.25) is 0 Å². The lowest BCUT2D eigenvalue weighted by atomic mass is 9.77. The molecular formula is C17H22N2O3S. The third kappa shape index (κ3) is 2.80. The minimum atomic E-state index is -0.774. The number of hydrogen-bond acceptors (Lipinski definition) is 4. The second-order valence-electron chi connectivity index (χ2n) is 6.84. The summed E-state index contributed by atoms with van der Waals surface area (Å²) in [6.45, 7) is 5.83. The summed E-state index contributed by atoms with van der Waals surface area (Å²) in [7, 11) is 0. The molecule has 6 heteroatoms. The number of nitrogens with one attached hydrogen (secondary N) is 1. The molecule has 23 heavy (non-hydrogen) atoms. The van der Waals surface area contributed by atoms with Crippen molar-refractivity contribution >= 4 is 29.1 Å². The standard InChI is InChI=1S/C17H22N2O3S/c1-10-4-6-17(7-5-10)15(21)19(16(22)18-17)9-14(20)13-8-11(2)23-12(13)3/h8,10H,4-7,9H2,1-3H3,(H,18,22). The molecule has 1 aliphatic carbocycles. The van der Waals surface area contributed by atoms with Crippen LogP contribution in [0.4, 0.5) is 4.79 Å². The number of ketones is 1. The smallest absolute Gasteiger partial charge is 0.323 e. The summed E-state index contributed by atoms with van der Waals surface area (Å²) in [5.74, 6) is 0.182. The summed E-state index contributed by atoms with van der Waals surface area (Å²) in [6, 6.07) is 1.40. The number of amides is 3. The van der Waals surface area contributed by atoms with Crippen molar-refractivity contribution in [2.75, 3.05) is 6.54 Å². The first-order valence-electron chi connectivity index (χ1n) is 8.07. The van der Waals surface area contributed by atoms with Crippen LogP contribution in [0.5, 0.6) is 0 Å². The van der Waals surface area contributed by atoms with Crippen LogP contribution in [-0.2, 0) is 4.79 Å². The predicted molar refractivity (Wildman–Crippen MR) is 88.7 cm³/mol. The Balaban J connectivity index is 1.76. The minimum Gasteiger partial charge on any atom is -0.323 e. The zero-order valence-electron chi connectivity index (χ0n) is 13.8. The molecule has 5 nitrogen and oxygen atoms in total. The number of nitrogens with zero attached hydrogens (tertiary/aromatic N) is 1. The van der Waals surface area contributed by atoms with Gasteiger partial charge in [-0.1, -0.05) is 6.92 Å². The average Bonchev–Trinajstić information content (AvgIpc) is 2.94. The number of imide groups is 1. The van der Waals surface area contributed by atoms with Gasteiger partial charge >= 0.3 is 6.03 Å². The Labute approximate surface area is 140 Å². The van der Waals surface area contributed by atoms with Crippen molar-refractivity contribution in [1.29, 1.82) is 0 Å². The van der Waals surface area contributed by atoms with Crippen molar-refractivity contribution in [2.24, 2.45) is 5.92 Å². The minimum absolute atomic E-state index is 0.168. The van der Waals surface area contributed by atoms with Gasteiger partial charge in [0.15, 0.2) is 5.78 Å². The van der Waals surface area contributed by atoms with Crippen molar-refractivity contribution in [1.82, 2.24) is 10.2 Å². The molecule has 3 rings (SSSR count). The van der Waals surface area contributed by atoms with Crippen molar-refractivity contribution in [3.05, 3.63) is 21.4 Å². The number of thiophene rings is 1. The molecule has 1 N–H and O–H groups in total. The van der Waals surface area contributed by atoms with E-state index < -0.39 is 11.6 Å². The lowest BCUT2D eigenvalue weighted by Gasteiger charge is -2.33. The van der Waals surface area contributed by atoms with Crippen LogP contribution in [0.2, 0.25) is 0 Å². The SMILES string of the molecule is Cc1cc(C(=O)CN2C(=O)NC3(CCC(C)CC3)C2=O)c(C)s1. The van der Waals surface area contributed by atoms with E-state index in [0.717, 1.165) is 27.5 Å². The highest BCUT2D eigenvalue weighted by atomic mass is 32.1. The molecule has 0 radical (unpaired) electrons. The van der Waals surface area contributed by atoms with E-state index in [4.69, 9.17) is 0 Å². The fourth-order valence-electron chi connectivity index (χ4n) is 3.55. The van der Waals surface area contributed by atoms with Gasteiger partial charge in [0.05, 0.1) is 6.54 Å². The molecule has 2 heterocycles. The zero-order chi connectivity index (χ0) is 16.8. The maximum Gasteiger partial charge on any atom is 0.325 e. The van der Waals surface area contributed by atoms with Crippen LogP contribution in [0.3, 0.4) is 0 Å². The van der Waals surface area contributed by atoms with Gasteiger partial charge < -0.3 is 5.32 Å². The van der Waals surface area contributed by atoms with Crippen LogP contribution in [0.25, 0.3) is 0 Å². The molecule has 1 spiro atoms. The molecule has 2 aliphatic rings. The first-order chi connectivity index (χ1) is 10.8. The van der Waals surface area contributed by atoms with Crippen LogP contribution < -0.4 is 5.32 Å². The van der Waals surface area contributed by atoms with E-state index in [2.05, 4.69) is 12.2 Å². The Morgan fingerprint density at radius 2 is 2.00 bits per heavy atom. The lowest BCUT2D eigenvalue weighted by Crippen LogP contribution is -2.49. The third-order valence-electron chi connectivity index (χ3n) is 5.02. The summed E-state index contributed by atoms with van der Waals surface area (Å²) < 4.78 is 0. The lowest BCUT2D eigenvalue weighted by molar-refractivity contribution is -0.132. The van der Waals surface area contributed by atoms with Gasteiger partial charge in [0.1, 0.15) is 5.54 Å². The first kappa shape index (κ1) is 16.2. The van der Waals surface area contributed by atoms with Gasteiger partial charge in [-0.3, -0.25) is 14.5 Å². The molecule has 1 aromatic rings. The molecule has 1 aliphatic heterocycles. The van der Waals surface area contributed by atoms with E-state index in [1.165, 1.54) is 0 Å². The average molecular weight is 334 g/mol. The molecule has 3 amide bonds. The maximum absolute atomic E-state index is 12.7. The zero-order valence-corrected chi connectivity index (χ0v) is 14.6. The molecule has 124 valence electrons. The molecule has 0 atom stereocenters. The highest BCUT2D eigenvalue weighted by Crippen LogP contribution is 2.36. The van der Waals surface area contributed by atoms with Gasteiger partial charge in [-0.05, 0) is 51.5 Å². The second kappa shape index (κ2) is 5.74. The van der Waals surface area contributed by atoms with Crippen molar-refractivity contribution < 1.29 is 14.4 Å². The Hall–Kier alpha value is -1.69. The van der Waals surface area contributed by atoms with Crippen LogP contribution >= 0.6 is 11.3 Å². The largest absolute Gasteiger partial charge is 0.325 e. The monoisotopic (exact) mass is 334 g/mol. The van der Waals surface area contributed by atoms with Crippen LogP contribution in [0, 0.1) is 19.8 Å². The Bertz CT molecular complexity index is 671. The van der Waals surface area contributed by atoms with Gasteiger partial charge in [-0.15, -0.1) is 11.3 Å². The highest BCUT2D eigenvalue weighted by Gasteiger charge is 2.52. The fourth-order valence-corrected chi connectivity index (χ4v) is 4.49.